The first-order valence-electron chi connectivity index (χ1n) is 4.00. The Morgan fingerprint density at radius 1 is 0.786 bits per heavy atom. The maximum absolute atomic E-state index is 6.38. The lowest BCUT2D eigenvalue weighted by Gasteiger charge is -2.43. The molecular formula is C5H6Cl6Si3. The zero-order chi connectivity index (χ0) is 10.8. The van der Waals surface area contributed by atoms with Crippen LogP contribution in [-0.4, -0.2) is 20.1 Å². The molecule has 0 radical (unpaired) electrons. The highest BCUT2D eigenvalue weighted by molar-refractivity contribution is 7.69. The molecule has 0 nitrogen and oxygen atoms in total. The molecule has 0 N–H and O–H groups in total. The van der Waals surface area contributed by atoms with E-state index in [9.17, 15) is 0 Å². The van der Waals surface area contributed by atoms with Crippen LogP contribution in [0.4, 0.5) is 0 Å². The van der Waals surface area contributed by atoms with Crippen LogP contribution in [0, 0.1) is 0 Å². The Hall–Kier alpha value is 2.13. The van der Waals surface area contributed by atoms with Gasteiger partial charge in [0.2, 0.25) is 0 Å². The largest absolute Gasteiger partial charge is 0.264 e. The fourth-order valence-corrected chi connectivity index (χ4v) is 44.9. The summed E-state index contributed by atoms with van der Waals surface area (Å²) in [7, 11) is 0. The van der Waals surface area contributed by atoms with Gasteiger partial charge in [-0.05, 0) is 5.67 Å². The summed E-state index contributed by atoms with van der Waals surface area (Å²) in [4.78, 5) is 0. The third-order valence-corrected chi connectivity index (χ3v) is 31.3. The van der Waals surface area contributed by atoms with Gasteiger partial charge in [-0.3, -0.25) is 0 Å². The van der Waals surface area contributed by atoms with Crippen molar-refractivity contribution in [2.75, 3.05) is 0 Å². The molecule has 2 heterocycles. The van der Waals surface area contributed by atoms with Crippen LogP contribution in [0.2, 0.25) is 16.0 Å². The summed E-state index contributed by atoms with van der Waals surface area (Å²) in [6.07, 6.45) is 3.89. The molecule has 2 aliphatic heterocycles. The Kier molecular flexibility index (Phi) is 3.20. The fraction of sp³-hybridized carbons (Fsp3) is 0.600. The van der Waals surface area contributed by atoms with E-state index in [-0.39, 0.29) is 10.3 Å². The summed E-state index contributed by atoms with van der Waals surface area (Å²) in [6.45, 7) is -7.52. The molecule has 2 rings (SSSR count). The van der Waals surface area contributed by atoms with Gasteiger partial charge in [-0.2, -0.15) is 0 Å². The third-order valence-electron chi connectivity index (χ3n) is 2.71. The van der Waals surface area contributed by atoms with Crippen molar-refractivity contribution in [1.82, 2.24) is 0 Å². The van der Waals surface area contributed by atoms with E-state index in [1.807, 2.05) is 12.2 Å². The number of rotatable bonds is 0. The molecule has 0 aromatic carbocycles. The van der Waals surface area contributed by atoms with Crippen molar-refractivity contribution in [2.24, 2.45) is 0 Å². The quantitative estimate of drug-likeness (QED) is 0.333. The summed E-state index contributed by atoms with van der Waals surface area (Å²) in [5, 5.41) is -0.0467. The molecule has 2 bridgehead atoms. The van der Waals surface area contributed by atoms with E-state index in [4.69, 9.17) is 66.5 Å². The Bertz CT molecular complexity index is 274. The predicted molar refractivity (Wildman–Crippen MR) is 73.8 cm³/mol. The van der Waals surface area contributed by atoms with Crippen molar-refractivity contribution in [3.8, 4) is 0 Å². The van der Waals surface area contributed by atoms with Crippen molar-refractivity contribution in [2.45, 2.75) is 16.0 Å². The van der Waals surface area contributed by atoms with Gasteiger partial charge in [0.15, 0.2) is 0 Å². The maximum Gasteiger partial charge on any atom is 0.264 e. The smallest absolute Gasteiger partial charge is 0.146 e. The van der Waals surface area contributed by atoms with Crippen molar-refractivity contribution in [3.05, 3.63) is 12.2 Å². The number of hydrogen-bond donors (Lipinski definition) is 0. The second-order valence-corrected chi connectivity index (χ2v) is 26.8. The highest BCUT2D eigenvalue weighted by Crippen LogP contribution is 2.65. The van der Waals surface area contributed by atoms with E-state index in [0.29, 0.717) is 5.67 Å². The van der Waals surface area contributed by atoms with Crippen LogP contribution >= 0.6 is 66.5 Å². The van der Waals surface area contributed by atoms with E-state index in [2.05, 4.69) is 0 Å². The topological polar surface area (TPSA) is 0 Å². The lowest BCUT2D eigenvalue weighted by Crippen LogP contribution is -2.55. The number of hydrogen-bond acceptors (Lipinski definition) is 0. The summed E-state index contributed by atoms with van der Waals surface area (Å²) in [5.74, 6) is 0. The van der Waals surface area contributed by atoms with Crippen LogP contribution in [0.5, 0.6) is 0 Å². The predicted octanol–water partition coefficient (Wildman–Crippen LogP) is 4.69. The maximum atomic E-state index is 6.38. The van der Waals surface area contributed by atoms with E-state index >= 15 is 0 Å². The zero-order valence-corrected chi connectivity index (χ0v) is 14.3. The molecule has 2 aliphatic rings. The minimum absolute atomic E-state index is 0.0233. The first-order chi connectivity index (χ1) is 6.18. The van der Waals surface area contributed by atoms with E-state index < -0.39 is 20.1 Å². The standard InChI is InChI=1S/C5H6Cl6Si3/c6-12(7)3-13(8,9)5-2-1-4(12)14(5,10)11/h1-2,4-5H,3H2. The van der Waals surface area contributed by atoms with Crippen molar-refractivity contribution in [3.63, 3.8) is 0 Å². The van der Waals surface area contributed by atoms with Gasteiger partial charge < -0.3 is 0 Å². The van der Waals surface area contributed by atoms with Crippen molar-refractivity contribution < 1.29 is 0 Å². The Balaban J connectivity index is 2.49. The lowest BCUT2D eigenvalue weighted by molar-refractivity contribution is 1.40. The average molecular weight is 363 g/mol. The summed E-state index contributed by atoms with van der Waals surface area (Å²) in [5.41, 5.74) is 0.558. The third kappa shape index (κ3) is 1.77. The second kappa shape index (κ2) is 3.56. The first-order valence-corrected chi connectivity index (χ1v) is 16.8. The summed E-state index contributed by atoms with van der Waals surface area (Å²) in [6, 6.07) is 0. The Morgan fingerprint density at radius 3 is 1.50 bits per heavy atom. The Morgan fingerprint density at radius 2 is 1.14 bits per heavy atom. The van der Waals surface area contributed by atoms with Gasteiger partial charge in [0.05, 0.1) is 0 Å². The average Bonchev–Trinajstić information content (AvgIpc) is 2.16. The van der Waals surface area contributed by atoms with Crippen LogP contribution < -0.4 is 0 Å². The lowest BCUT2D eigenvalue weighted by atomic mass is 10.6. The molecule has 0 amide bonds. The molecule has 80 valence electrons. The molecule has 14 heavy (non-hydrogen) atoms. The molecule has 0 aliphatic carbocycles. The van der Waals surface area contributed by atoms with Crippen LogP contribution in [0.15, 0.2) is 12.2 Å². The van der Waals surface area contributed by atoms with Crippen LogP contribution in [0.25, 0.3) is 0 Å². The highest BCUT2D eigenvalue weighted by atomic mass is 35.7. The molecule has 0 saturated carbocycles. The van der Waals surface area contributed by atoms with E-state index in [0.717, 1.165) is 0 Å². The fourth-order valence-electron chi connectivity index (χ4n) is 2.05. The molecule has 0 aromatic heterocycles. The molecule has 1 fully saturated rings. The highest BCUT2D eigenvalue weighted by Gasteiger charge is 2.70. The van der Waals surface area contributed by atoms with Gasteiger partial charge in [-0.25, -0.2) is 0 Å². The van der Waals surface area contributed by atoms with E-state index in [1.165, 1.54) is 0 Å². The Labute approximate surface area is 114 Å². The minimum Gasteiger partial charge on any atom is -0.146 e. The molecule has 9 heteroatoms. The SMILES string of the molecule is Cl[Si]1(Cl)C[Si](Cl)(Cl)C2C=CC1[Si]2(Cl)Cl. The summed E-state index contributed by atoms with van der Waals surface area (Å²) >= 11 is 38.0. The van der Waals surface area contributed by atoms with Gasteiger partial charge in [-0.15, -0.1) is 66.5 Å². The van der Waals surface area contributed by atoms with Gasteiger partial charge in [0.25, 0.3) is 20.1 Å². The summed E-state index contributed by atoms with van der Waals surface area (Å²) < 4.78 is 0. The molecule has 2 unspecified atom stereocenters. The number of halogens is 6. The van der Waals surface area contributed by atoms with Crippen molar-refractivity contribution >= 4 is 86.6 Å². The minimum atomic E-state index is -2.53. The van der Waals surface area contributed by atoms with Crippen LogP contribution in [0.3, 0.4) is 0 Å². The van der Waals surface area contributed by atoms with E-state index in [1.54, 1.807) is 0 Å². The second-order valence-electron chi connectivity index (χ2n) is 3.71. The van der Waals surface area contributed by atoms with Crippen LogP contribution in [-0.2, 0) is 0 Å². The molecule has 1 saturated heterocycles. The van der Waals surface area contributed by atoms with Crippen LogP contribution in [0.1, 0.15) is 0 Å². The number of allylic oxidation sites excluding steroid dienone is 2. The number of fused-ring (bicyclic) bond motifs is 2. The molecule has 2 atom stereocenters. The normalized spacial score (nSPS) is 41.3. The van der Waals surface area contributed by atoms with Gasteiger partial charge >= 0.3 is 0 Å². The van der Waals surface area contributed by atoms with Gasteiger partial charge in [0.1, 0.15) is 0 Å². The zero-order valence-electron chi connectivity index (χ0n) is 6.78. The van der Waals surface area contributed by atoms with Gasteiger partial charge in [-0.1, -0.05) is 12.2 Å². The van der Waals surface area contributed by atoms with Gasteiger partial charge in [0, 0.05) is 10.3 Å². The molecule has 0 aromatic rings. The monoisotopic (exact) mass is 360 g/mol. The molecule has 0 spiro atoms. The molecular weight excluding hydrogens is 357 g/mol. The van der Waals surface area contributed by atoms with Crippen molar-refractivity contribution in [1.29, 1.82) is 0 Å². The first kappa shape index (κ1) is 12.6.